The van der Waals surface area contributed by atoms with Crippen LogP contribution in [0.25, 0.3) is 0 Å². The maximum Gasteiger partial charge on any atom is 0.224 e. The zero-order chi connectivity index (χ0) is 16.9. The zero-order valence-electron chi connectivity index (χ0n) is 14.2. The molecule has 2 saturated carbocycles. The summed E-state index contributed by atoms with van der Waals surface area (Å²) in [6.07, 6.45) is 6.00. The number of methoxy groups -OCH3 is 1. The fourth-order valence-corrected chi connectivity index (χ4v) is 3.44. The molecule has 2 N–H and O–H groups in total. The molecule has 24 heavy (non-hydrogen) atoms. The molecule has 2 fully saturated rings. The van der Waals surface area contributed by atoms with Crippen LogP contribution in [0.4, 0.5) is 0 Å². The summed E-state index contributed by atoms with van der Waals surface area (Å²) in [7, 11) is 1.64. The Bertz CT molecular complexity index is 596. The Morgan fingerprint density at radius 1 is 1.17 bits per heavy atom. The van der Waals surface area contributed by atoms with Gasteiger partial charge in [-0.05, 0) is 43.4 Å². The van der Waals surface area contributed by atoms with Crippen LogP contribution in [0.15, 0.2) is 24.3 Å². The summed E-state index contributed by atoms with van der Waals surface area (Å²) in [6.45, 7) is 0.583. The number of nitrogens with one attached hydrogen (secondary N) is 2. The molecular weight excluding hydrogens is 304 g/mol. The van der Waals surface area contributed by atoms with Crippen molar-refractivity contribution in [1.82, 2.24) is 10.6 Å². The third-order valence-electron chi connectivity index (χ3n) is 5.01. The molecule has 130 valence electrons. The molecule has 5 heteroatoms. The smallest absolute Gasteiger partial charge is 0.224 e. The lowest BCUT2D eigenvalue weighted by Gasteiger charge is -2.11. The Morgan fingerprint density at radius 3 is 2.67 bits per heavy atom. The maximum absolute atomic E-state index is 12.2. The Labute approximate surface area is 143 Å². The van der Waals surface area contributed by atoms with Gasteiger partial charge < -0.3 is 15.4 Å². The molecule has 0 spiro atoms. The van der Waals surface area contributed by atoms with E-state index in [4.69, 9.17) is 4.74 Å². The minimum Gasteiger partial charge on any atom is -0.497 e. The SMILES string of the molecule is COc1cccc(CCNC(=O)C2CC2C(=O)NC2CCCC2)c1. The van der Waals surface area contributed by atoms with E-state index >= 15 is 0 Å². The molecule has 3 rings (SSSR count). The summed E-state index contributed by atoms with van der Waals surface area (Å²) in [5, 5.41) is 6.04. The van der Waals surface area contributed by atoms with E-state index in [-0.39, 0.29) is 23.7 Å². The van der Waals surface area contributed by atoms with Gasteiger partial charge in [-0.15, -0.1) is 0 Å². The van der Waals surface area contributed by atoms with Crippen LogP contribution in [0.5, 0.6) is 5.75 Å². The van der Waals surface area contributed by atoms with Crippen molar-refractivity contribution in [3.8, 4) is 5.75 Å². The number of carbonyl (C=O) groups is 2. The van der Waals surface area contributed by atoms with Gasteiger partial charge in [0.1, 0.15) is 5.75 Å². The van der Waals surface area contributed by atoms with Gasteiger partial charge in [-0.2, -0.15) is 0 Å². The van der Waals surface area contributed by atoms with Crippen LogP contribution >= 0.6 is 0 Å². The molecule has 0 aromatic heterocycles. The summed E-state index contributed by atoms with van der Waals surface area (Å²) in [5.41, 5.74) is 1.13. The molecule has 2 amide bonds. The van der Waals surface area contributed by atoms with Gasteiger partial charge in [0.2, 0.25) is 11.8 Å². The molecule has 2 unspecified atom stereocenters. The molecule has 0 radical (unpaired) electrons. The Hall–Kier alpha value is -2.04. The van der Waals surface area contributed by atoms with Gasteiger partial charge in [-0.25, -0.2) is 0 Å². The van der Waals surface area contributed by atoms with Crippen molar-refractivity contribution in [2.24, 2.45) is 11.8 Å². The Morgan fingerprint density at radius 2 is 1.92 bits per heavy atom. The summed E-state index contributed by atoms with van der Waals surface area (Å²) in [5.74, 6) is 0.628. The van der Waals surface area contributed by atoms with Gasteiger partial charge in [-0.1, -0.05) is 25.0 Å². The second kappa shape index (κ2) is 7.69. The second-order valence-corrected chi connectivity index (χ2v) is 6.83. The highest BCUT2D eigenvalue weighted by Crippen LogP contribution is 2.39. The van der Waals surface area contributed by atoms with Crippen molar-refractivity contribution in [3.05, 3.63) is 29.8 Å². The number of ether oxygens (including phenoxy) is 1. The van der Waals surface area contributed by atoms with Crippen LogP contribution in [-0.2, 0) is 16.0 Å². The third-order valence-corrected chi connectivity index (χ3v) is 5.01. The summed E-state index contributed by atoms with van der Waals surface area (Å²) in [6, 6.07) is 8.17. The van der Waals surface area contributed by atoms with E-state index in [1.807, 2.05) is 24.3 Å². The maximum atomic E-state index is 12.2. The number of carbonyl (C=O) groups excluding carboxylic acids is 2. The van der Waals surface area contributed by atoms with Crippen molar-refractivity contribution in [1.29, 1.82) is 0 Å². The van der Waals surface area contributed by atoms with Crippen LogP contribution in [0, 0.1) is 11.8 Å². The molecule has 0 bridgehead atoms. The Kier molecular flexibility index (Phi) is 5.38. The summed E-state index contributed by atoms with van der Waals surface area (Å²) in [4.78, 5) is 24.3. The standard InChI is InChI=1S/C19H26N2O3/c1-24-15-8-4-5-13(11-15)9-10-20-18(22)16-12-17(16)19(23)21-14-6-2-3-7-14/h4-5,8,11,14,16-17H,2-3,6-7,9-10,12H2,1H3,(H,20,22)(H,21,23). The van der Waals surface area contributed by atoms with Crippen LogP contribution in [0.3, 0.4) is 0 Å². The highest BCUT2D eigenvalue weighted by atomic mass is 16.5. The largest absolute Gasteiger partial charge is 0.497 e. The summed E-state index contributed by atoms with van der Waals surface area (Å²) < 4.78 is 5.19. The first-order valence-corrected chi connectivity index (χ1v) is 8.88. The van der Waals surface area contributed by atoms with Crippen molar-refractivity contribution in [2.45, 2.75) is 44.6 Å². The van der Waals surface area contributed by atoms with E-state index in [1.165, 1.54) is 12.8 Å². The molecular formula is C19H26N2O3. The van der Waals surface area contributed by atoms with Crippen molar-refractivity contribution < 1.29 is 14.3 Å². The lowest BCUT2D eigenvalue weighted by Crippen LogP contribution is -2.35. The molecule has 2 aliphatic carbocycles. The highest BCUT2D eigenvalue weighted by Gasteiger charge is 2.48. The first-order valence-electron chi connectivity index (χ1n) is 8.88. The second-order valence-electron chi connectivity index (χ2n) is 6.83. The molecule has 5 nitrogen and oxygen atoms in total. The number of hydrogen-bond donors (Lipinski definition) is 2. The van der Waals surface area contributed by atoms with E-state index in [0.29, 0.717) is 19.0 Å². The molecule has 1 aromatic rings. The molecule has 0 aliphatic heterocycles. The molecule has 2 aliphatic rings. The fraction of sp³-hybridized carbons (Fsp3) is 0.579. The number of amides is 2. The van der Waals surface area contributed by atoms with Crippen molar-refractivity contribution in [3.63, 3.8) is 0 Å². The van der Waals surface area contributed by atoms with E-state index in [9.17, 15) is 9.59 Å². The normalized spacial score (nSPS) is 22.9. The molecule has 0 saturated heterocycles. The zero-order valence-corrected chi connectivity index (χ0v) is 14.2. The average Bonchev–Trinajstić information content (AvgIpc) is 3.25. The van der Waals surface area contributed by atoms with Gasteiger partial charge in [0.25, 0.3) is 0 Å². The average molecular weight is 330 g/mol. The molecule has 2 atom stereocenters. The summed E-state index contributed by atoms with van der Waals surface area (Å²) >= 11 is 0. The van der Waals surface area contributed by atoms with Crippen LogP contribution in [0.2, 0.25) is 0 Å². The topological polar surface area (TPSA) is 67.4 Å². The van der Waals surface area contributed by atoms with E-state index in [0.717, 1.165) is 30.6 Å². The quantitative estimate of drug-likeness (QED) is 0.804. The van der Waals surface area contributed by atoms with Gasteiger partial charge in [-0.3, -0.25) is 9.59 Å². The third kappa shape index (κ3) is 4.28. The number of hydrogen-bond acceptors (Lipinski definition) is 3. The van der Waals surface area contributed by atoms with E-state index in [2.05, 4.69) is 10.6 Å². The van der Waals surface area contributed by atoms with Crippen LogP contribution < -0.4 is 15.4 Å². The first-order chi connectivity index (χ1) is 11.7. The number of rotatable bonds is 7. The van der Waals surface area contributed by atoms with Gasteiger partial charge in [0, 0.05) is 12.6 Å². The Balaban J connectivity index is 1.37. The number of benzene rings is 1. The minimum atomic E-state index is -0.142. The molecule has 1 aromatic carbocycles. The van der Waals surface area contributed by atoms with E-state index in [1.54, 1.807) is 7.11 Å². The predicted molar refractivity (Wildman–Crippen MR) is 91.7 cm³/mol. The minimum absolute atomic E-state index is 0.00414. The van der Waals surface area contributed by atoms with Crippen molar-refractivity contribution >= 4 is 11.8 Å². The highest BCUT2D eigenvalue weighted by molar-refractivity contribution is 5.92. The monoisotopic (exact) mass is 330 g/mol. The van der Waals surface area contributed by atoms with Crippen LogP contribution in [0.1, 0.15) is 37.7 Å². The van der Waals surface area contributed by atoms with Crippen molar-refractivity contribution in [2.75, 3.05) is 13.7 Å². The first kappa shape index (κ1) is 16.8. The van der Waals surface area contributed by atoms with Gasteiger partial charge in [0.15, 0.2) is 0 Å². The van der Waals surface area contributed by atoms with Gasteiger partial charge >= 0.3 is 0 Å². The van der Waals surface area contributed by atoms with E-state index < -0.39 is 0 Å². The lowest BCUT2D eigenvalue weighted by atomic mass is 10.1. The lowest BCUT2D eigenvalue weighted by molar-refractivity contribution is -0.127. The molecule has 0 heterocycles. The van der Waals surface area contributed by atoms with Crippen LogP contribution in [-0.4, -0.2) is 31.5 Å². The van der Waals surface area contributed by atoms with Gasteiger partial charge in [0.05, 0.1) is 18.9 Å². The predicted octanol–water partition coefficient (Wildman–Crippen LogP) is 2.05. The fourth-order valence-electron chi connectivity index (χ4n) is 3.44.